The summed E-state index contributed by atoms with van der Waals surface area (Å²) in [4.78, 5) is 74.8. The summed E-state index contributed by atoms with van der Waals surface area (Å²) >= 11 is 1.48. The molecule has 4 amide bonds. The highest BCUT2D eigenvalue weighted by molar-refractivity contribution is 7.10. The molecule has 17 heteroatoms. The monoisotopic (exact) mass is 921 g/mol. The van der Waals surface area contributed by atoms with Crippen LogP contribution in [0.3, 0.4) is 0 Å². The van der Waals surface area contributed by atoms with Crippen LogP contribution in [0.2, 0.25) is 5.54 Å². The van der Waals surface area contributed by atoms with Crippen molar-refractivity contribution in [2.75, 3.05) is 60.5 Å². The highest BCUT2D eigenvalue weighted by Crippen LogP contribution is 2.43. The van der Waals surface area contributed by atoms with E-state index in [9.17, 15) is 19.2 Å². The third-order valence-corrected chi connectivity index (χ3v) is 15.5. The highest BCUT2D eigenvalue weighted by atomic mass is 32.1. The van der Waals surface area contributed by atoms with Crippen LogP contribution in [0, 0.1) is 10.8 Å². The quantitative estimate of drug-likeness (QED) is 0.118. The number of cyclic esters (lactones) is 1. The number of rotatable bonds is 8. The first kappa shape index (κ1) is 46.6. The fourth-order valence-electron chi connectivity index (χ4n) is 10.1. The van der Waals surface area contributed by atoms with Crippen molar-refractivity contribution in [1.29, 1.82) is 0 Å². The lowest BCUT2D eigenvalue weighted by Crippen LogP contribution is -2.62. The van der Waals surface area contributed by atoms with Gasteiger partial charge in [-0.15, -0.1) is 11.3 Å². The zero-order valence-corrected chi connectivity index (χ0v) is 41.1. The van der Waals surface area contributed by atoms with Gasteiger partial charge in [-0.1, -0.05) is 19.9 Å². The Bertz CT molecular complexity index is 2510. The fraction of sp³-hybridized carbons (Fsp3) is 0.542. The number of thiazole rings is 1. The lowest BCUT2D eigenvalue weighted by atomic mass is 9.79. The summed E-state index contributed by atoms with van der Waals surface area (Å²) in [5, 5.41) is 5.37. The van der Waals surface area contributed by atoms with Gasteiger partial charge in [-0.3, -0.25) is 29.3 Å². The van der Waals surface area contributed by atoms with Crippen molar-refractivity contribution in [1.82, 2.24) is 44.7 Å². The van der Waals surface area contributed by atoms with Gasteiger partial charge in [-0.2, -0.15) is 0 Å². The largest absolute Gasteiger partial charge is 0.464 e. The number of amides is 4. The number of ether oxygens (including phenoxy) is 2. The SMILES string of the molecule is CCn1c(-c2cccnc2[C@H](C)OC)c2c3cc(ccc31)-c1csc(n1)C[C@H]([Si]NC(=O)C(=C(C)C)N(C)C(=O)N1CC3(CCN(C)C3)C1)C(=O)N1CCC[C@H](N1)C(=O)OCC(C)(C)C2. The van der Waals surface area contributed by atoms with E-state index in [1.54, 1.807) is 20.4 Å². The van der Waals surface area contributed by atoms with Crippen molar-refractivity contribution < 1.29 is 28.7 Å². The summed E-state index contributed by atoms with van der Waals surface area (Å²) in [6, 6.07) is 9.60. The van der Waals surface area contributed by atoms with Crippen LogP contribution in [0.4, 0.5) is 4.79 Å². The highest BCUT2D eigenvalue weighted by Gasteiger charge is 2.49. The van der Waals surface area contributed by atoms with Gasteiger partial charge >= 0.3 is 12.0 Å². The number of carbonyl (C=O) groups excluding carboxylic acids is 4. The number of allylic oxidation sites excluding steroid dienone is 1. The molecule has 4 aliphatic heterocycles. The van der Waals surface area contributed by atoms with Gasteiger partial charge in [0.05, 0.1) is 40.3 Å². The number of hydrogen-bond acceptors (Lipinski definition) is 11. The number of aryl methyl sites for hydroxylation is 1. The van der Waals surface area contributed by atoms with Crippen LogP contribution in [0.1, 0.15) is 83.2 Å². The number of fused-ring (bicyclic) bond motifs is 6. The molecule has 15 nitrogen and oxygen atoms in total. The molecule has 3 aromatic heterocycles. The Morgan fingerprint density at radius 1 is 1.15 bits per heavy atom. The molecule has 4 aromatic rings. The minimum atomic E-state index is -0.719. The molecule has 1 aromatic carbocycles. The molecule has 0 saturated carbocycles. The molecule has 3 saturated heterocycles. The molecule has 2 radical (unpaired) electrons. The molecule has 0 unspecified atom stereocenters. The molecule has 3 fully saturated rings. The molecule has 0 aliphatic carbocycles. The number of hydrogen-bond donors (Lipinski definition) is 2. The molecule has 7 heterocycles. The number of esters is 1. The third-order valence-electron chi connectivity index (χ3n) is 13.5. The number of methoxy groups -OCH3 is 1. The van der Waals surface area contributed by atoms with Crippen LogP contribution < -0.4 is 10.4 Å². The van der Waals surface area contributed by atoms with Gasteiger partial charge in [-0.25, -0.2) is 15.2 Å². The Morgan fingerprint density at radius 2 is 1.94 bits per heavy atom. The van der Waals surface area contributed by atoms with Gasteiger partial charge in [0.25, 0.3) is 5.91 Å². The number of carbonyl (C=O) groups is 4. The van der Waals surface area contributed by atoms with Crippen molar-refractivity contribution in [2.24, 2.45) is 10.8 Å². The van der Waals surface area contributed by atoms with Crippen molar-refractivity contribution in [3.8, 4) is 22.5 Å². The second-order valence-corrected chi connectivity index (χ2v) is 21.6. The van der Waals surface area contributed by atoms with Crippen molar-refractivity contribution in [3.63, 3.8) is 0 Å². The fourth-order valence-corrected chi connectivity index (χ4v) is 12.1. The number of likely N-dealkylation sites (tertiary alicyclic amines) is 2. The average Bonchev–Trinajstić information content (AvgIpc) is 4.00. The second kappa shape index (κ2) is 18.7. The number of nitrogens with zero attached hydrogens (tertiary/aromatic N) is 7. The molecule has 2 N–H and O–H groups in total. The molecule has 3 atom stereocenters. The summed E-state index contributed by atoms with van der Waals surface area (Å²) in [7, 11) is 5.10. The van der Waals surface area contributed by atoms with E-state index in [0.717, 1.165) is 69.2 Å². The minimum absolute atomic E-state index is 0.127. The molecule has 6 bridgehead atoms. The van der Waals surface area contributed by atoms with E-state index in [-0.39, 0.29) is 51.9 Å². The van der Waals surface area contributed by atoms with Gasteiger partial charge in [0.15, 0.2) is 9.68 Å². The molecule has 8 rings (SSSR count). The average molecular weight is 922 g/mol. The van der Waals surface area contributed by atoms with Crippen LogP contribution in [-0.4, -0.2) is 134 Å². The topological polar surface area (TPSA) is 154 Å². The van der Waals surface area contributed by atoms with E-state index in [4.69, 9.17) is 19.4 Å². The number of pyridine rings is 1. The maximum atomic E-state index is 14.6. The smallest absolute Gasteiger partial charge is 0.324 e. The predicted molar refractivity (Wildman–Crippen MR) is 253 cm³/mol. The van der Waals surface area contributed by atoms with E-state index in [2.05, 4.69) is 72.0 Å². The van der Waals surface area contributed by atoms with Gasteiger partial charge in [0, 0.05) is 97.7 Å². The molecule has 4 aliphatic rings. The number of hydrazine groups is 1. The third kappa shape index (κ3) is 9.39. The molecular weight excluding hydrogens is 859 g/mol. The number of nitrogens with one attached hydrogen (secondary N) is 2. The van der Waals surface area contributed by atoms with E-state index in [0.29, 0.717) is 51.0 Å². The van der Waals surface area contributed by atoms with Gasteiger partial charge < -0.3 is 28.8 Å². The van der Waals surface area contributed by atoms with Gasteiger partial charge in [-0.05, 0) is 102 Å². The number of aromatic nitrogens is 3. The van der Waals surface area contributed by atoms with E-state index in [1.165, 1.54) is 21.2 Å². The lowest BCUT2D eigenvalue weighted by molar-refractivity contribution is -0.154. The first-order valence-corrected chi connectivity index (χ1v) is 24.7. The summed E-state index contributed by atoms with van der Waals surface area (Å²) in [5.74, 6) is -1.08. The van der Waals surface area contributed by atoms with Gasteiger partial charge in [0.1, 0.15) is 11.7 Å². The minimum Gasteiger partial charge on any atom is -0.464 e. The Kier molecular flexibility index (Phi) is 13.4. The van der Waals surface area contributed by atoms with E-state index in [1.807, 2.05) is 37.1 Å². The van der Waals surface area contributed by atoms with Crippen LogP contribution in [-0.2, 0) is 43.2 Å². The van der Waals surface area contributed by atoms with Crippen LogP contribution in [0.5, 0.6) is 0 Å². The zero-order chi connectivity index (χ0) is 46.4. The van der Waals surface area contributed by atoms with Crippen LogP contribution in [0.25, 0.3) is 33.4 Å². The predicted octanol–water partition coefficient (Wildman–Crippen LogP) is 6.22. The Morgan fingerprint density at radius 3 is 2.65 bits per heavy atom. The Balaban J connectivity index is 1.12. The normalized spacial score (nSPS) is 21.4. The molecular formula is C48H63N9O6SSi. The number of urea groups is 1. The first-order chi connectivity index (χ1) is 31.0. The number of likely N-dealkylation sites (N-methyl/N-ethyl adjacent to an activating group) is 1. The van der Waals surface area contributed by atoms with Crippen LogP contribution >= 0.6 is 11.3 Å². The summed E-state index contributed by atoms with van der Waals surface area (Å²) in [6.45, 7) is 16.6. The van der Waals surface area contributed by atoms with E-state index < -0.39 is 28.9 Å². The molecule has 346 valence electrons. The maximum Gasteiger partial charge on any atom is 0.324 e. The molecule has 65 heavy (non-hydrogen) atoms. The van der Waals surface area contributed by atoms with Crippen molar-refractivity contribution in [2.45, 2.75) is 97.9 Å². The zero-order valence-electron chi connectivity index (χ0n) is 39.2. The standard InChI is InChI=1S/C48H63N9O6SSi/c1-10-56-37-16-15-31-21-33(37)34(42(56)32-13-11-18-49-40(32)30(4)62-9)23-47(5,6)28-63-45(60)35-14-12-19-57(51-35)44(59)38(22-39-50-36(31)24-64-39)65-52-43(58)41(29(2)3)54(8)46(61)55-26-48(27-55)17-20-53(7)25-48/h11,13,15-16,18,21,24,30,35,38,51H,10,12,14,17,19-20,22-23,25-28H2,1-9H3,(H,52,58)/t30-,35-,38-/m0/s1. The first-order valence-electron chi connectivity index (χ1n) is 22.8. The maximum absolute atomic E-state index is 14.6. The van der Waals surface area contributed by atoms with E-state index >= 15 is 0 Å². The van der Waals surface area contributed by atoms with Crippen LogP contribution in [0.15, 0.2) is 53.2 Å². The molecule has 1 spiro atoms. The summed E-state index contributed by atoms with van der Waals surface area (Å²) in [6.07, 6.45) is 4.60. The lowest BCUT2D eigenvalue weighted by Gasteiger charge is -2.49. The van der Waals surface area contributed by atoms with Crippen molar-refractivity contribution in [3.05, 3.63) is 69.4 Å². The Hall–Kier alpha value is -4.94. The second-order valence-electron chi connectivity index (χ2n) is 19.4. The summed E-state index contributed by atoms with van der Waals surface area (Å²) < 4.78 is 14.3. The number of benzene rings is 1. The van der Waals surface area contributed by atoms with Crippen molar-refractivity contribution >= 4 is 55.7 Å². The Labute approximate surface area is 388 Å². The summed E-state index contributed by atoms with van der Waals surface area (Å²) in [5.41, 5.74) is 9.94. The van der Waals surface area contributed by atoms with Gasteiger partial charge in [0.2, 0.25) is 5.91 Å².